The number of likely N-dealkylation sites (tertiary alicyclic amines) is 1. The average Bonchev–Trinajstić information content (AvgIpc) is 3.60. The highest BCUT2D eigenvalue weighted by atomic mass is 32.1. The van der Waals surface area contributed by atoms with Gasteiger partial charge in [-0.2, -0.15) is 13.2 Å². The largest absolute Gasteiger partial charge is 0.461 e. The van der Waals surface area contributed by atoms with E-state index in [1.165, 1.54) is 23.1 Å². The second-order valence-corrected chi connectivity index (χ2v) is 15.4. The predicted octanol–water partition coefficient (Wildman–Crippen LogP) is 8.47. The molecule has 1 saturated carbocycles. The van der Waals surface area contributed by atoms with Crippen molar-refractivity contribution in [1.82, 2.24) is 14.8 Å². The molecule has 3 aromatic rings. The molecule has 2 aromatic carbocycles. The molecule has 0 unspecified atom stereocenters. The van der Waals surface area contributed by atoms with Crippen molar-refractivity contribution in [2.75, 3.05) is 33.2 Å². The van der Waals surface area contributed by atoms with Gasteiger partial charge in [0.05, 0.1) is 22.8 Å². The van der Waals surface area contributed by atoms with Crippen molar-refractivity contribution in [3.63, 3.8) is 0 Å². The van der Waals surface area contributed by atoms with Gasteiger partial charge in [-0.05, 0) is 120 Å². The first kappa shape index (κ1) is 35.5. The zero-order valence-electron chi connectivity index (χ0n) is 28.1. The summed E-state index contributed by atoms with van der Waals surface area (Å²) in [6.45, 7) is 11.2. The molecule has 1 aromatic heterocycles. The highest BCUT2D eigenvalue weighted by Crippen LogP contribution is 2.43. The van der Waals surface area contributed by atoms with Crippen molar-refractivity contribution >= 4 is 17.3 Å². The number of thiazole rings is 1. The number of nitrogens with zero attached hydrogens (tertiary/aromatic N) is 3. The van der Waals surface area contributed by atoms with Crippen LogP contribution < -0.4 is 0 Å². The first-order valence-electron chi connectivity index (χ1n) is 16.7. The van der Waals surface area contributed by atoms with E-state index in [9.17, 15) is 22.4 Å². The summed E-state index contributed by atoms with van der Waals surface area (Å²) in [5.41, 5.74) is 1.86. The van der Waals surface area contributed by atoms with E-state index in [0.717, 1.165) is 67.6 Å². The van der Waals surface area contributed by atoms with Crippen LogP contribution in [0, 0.1) is 11.7 Å². The summed E-state index contributed by atoms with van der Waals surface area (Å²) in [6, 6.07) is 12.3. The molecule has 1 aliphatic heterocycles. The SMILES string of the molecule is CCc1nc(Cc2cccc(C(F)(F)F)c2)sc1C1CCN(C[C@H]2C[C@H](OC(=O)CN(C)C(C)(C)C)C[C@@H]2c2cccc(F)c2)CC1. The number of likely N-dealkylation sites (N-methyl/N-ethyl adjacent to an activating group) is 1. The fourth-order valence-electron chi connectivity index (χ4n) is 6.98. The molecule has 0 amide bonds. The Kier molecular flexibility index (Phi) is 11.1. The number of halogens is 4. The predicted molar refractivity (Wildman–Crippen MR) is 178 cm³/mol. The summed E-state index contributed by atoms with van der Waals surface area (Å²) in [5.74, 6) is 0.229. The van der Waals surface area contributed by atoms with Crippen LogP contribution in [0.1, 0.15) is 97.5 Å². The molecular weight excluding hydrogens is 626 g/mol. The van der Waals surface area contributed by atoms with Gasteiger partial charge in [-0.15, -0.1) is 11.3 Å². The highest BCUT2D eigenvalue weighted by molar-refractivity contribution is 7.11. The Labute approximate surface area is 280 Å². The Morgan fingerprint density at radius 1 is 1.06 bits per heavy atom. The van der Waals surface area contributed by atoms with Crippen LogP contribution in [0.25, 0.3) is 0 Å². The molecule has 5 nitrogen and oxygen atoms in total. The van der Waals surface area contributed by atoms with Gasteiger partial charge in [0, 0.05) is 23.4 Å². The number of alkyl halides is 3. The van der Waals surface area contributed by atoms with Gasteiger partial charge in [0.15, 0.2) is 0 Å². The lowest BCUT2D eigenvalue weighted by Gasteiger charge is -2.34. The fraction of sp³-hybridized carbons (Fsp3) is 0.568. The van der Waals surface area contributed by atoms with E-state index in [1.807, 2.05) is 18.0 Å². The number of piperidine rings is 1. The molecule has 0 spiro atoms. The van der Waals surface area contributed by atoms with Crippen LogP contribution in [-0.4, -0.2) is 65.6 Å². The van der Waals surface area contributed by atoms with Gasteiger partial charge in [-0.3, -0.25) is 9.69 Å². The number of aryl methyl sites for hydroxylation is 1. The maximum atomic E-state index is 14.3. The van der Waals surface area contributed by atoms with Gasteiger partial charge >= 0.3 is 12.1 Å². The van der Waals surface area contributed by atoms with Crippen molar-refractivity contribution in [3.8, 4) is 0 Å². The van der Waals surface area contributed by atoms with E-state index in [4.69, 9.17) is 9.72 Å². The van der Waals surface area contributed by atoms with Crippen LogP contribution in [0.2, 0.25) is 0 Å². The minimum absolute atomic E-state index is 0.105. The summed E-state index contributed by atoms with van der Waals surface area (Å²) >= 11 is 1.65. The molecule has 2 heterocycles. The molecule has 1 saturated heterocycles. The van der Waals surface area contributed by atoms with Gasteiger partial charge in [0.1, 0.15) is 11.9 Å². The molecule has 2 fully saturated rings. The number of ether oxygens (including phenoxy) is 1. The topological polar surface area (TPSA) is 45.7 Å². The Morgan fingerprint density at radius 3 is 2.45 bits per heavy atom. The van der Waals surface area contributed by atoms with E-state index < -0.39 is 11.7 Å². The zero-order chi connectivity index (χ0) is 33.9. The molecule has 2 aliphatic rings. The monoisotopic (exact) mass is 673 g/mol. The van der Waals surface area contributed by atoms with Crippen molar-refractivity contribution in [1.29, 1.82) is 0 Å². The lowest BCUT2D eigenvalue weighted by molar-refractivity contribution is -0.151. The number of aromatic nitrogens is 1. The Bertz CT molecular complexity index is 1510. The van der Waals surface area contributed by atoms with Gasteiger partial charge in [0.25, 0.3) is 0 Å². The van der Waals surface area contributed by atoms with E-state index in [-0.39, 0.29) is 41.8 Å². The summed E-state index contributed by atoms with van der Waals surface area (Å²) < 4.78 is 60.0. The Hall–Kier alpha value is -2.82. The summed E-state index contributed by atoms with van der Waals surface area (Å²) in [6.07, 6.45) is 0.00705. The second-order valence-electron chi connectivity index (χ2n) is 14.3. The lowest BCUT2D eigenvalue weighted by Crippen LogP contribution is -2.42. The number of hydrogen-bond donors (Lipinski definition) is 0. The third kappa shape index (κ3) is 9.21. The third-order valence-corrected chi connectivity index (χ3v) is 11.2. The van der Waals surface area contributed by atoms with Gasteiger partial charge < -0.3 is 9.64 Å². The van der Waals surface area contributed by atoms with Crippen LogP contribution in [0.15, 0.2) is 48.5 Å². The van der Waals surface area contributed by atoms with E-state index in [2.05, 4.69) is 32.6 Å². The average molecular weight is 674 g/mol. The quantitative estimate of drug-likeness (QED) is 0.160. The van der Waals surface area contributed by atoms with E-state index in [1.54, 1.807) is 29.5 Å². The van der Waals surface area contributed by atoms with Crippen LogP contribution >= 0.6 is 11.3 Å². The van der Waals surface area contributed by atoms with Crippen LogP contribution in [0.4, 0.5) is 17.6 Å². The molecule has 3 atom stereocenters. The number of esters is 1. The summed E-state index contributed by atoms with van der Waals surface area (Å²) in [4.78, 5) is 23.4. The van der Waals surface area contributed by atoms with Crippen molar-refractivity contribution < 1.29 is 27.1 Å². The van der Waals surface area contributed by atoms with E-state index in [0.29, 0.717) is 24.3 Å². The molecule has 47 heavy (non-hydrogen) atoms. The normalized spacial score (nSPS) is 21.4. The maximum Gasteiger partial charge on any atom is 0.416 e. The molecule has 1 aliphatic carbocycles. The number of carbonyl (C=O) groups excluding carboxylic acids is 1. The van der Waals surface area contributed by atoms with Crippen LogP contribution in [-0.2, 0) is 28.5 Å². The molecule has 0 bridgehead atoms. The summed E-state index contributed by atoms with van der Waals surface area (Å²) in [5, 5.41) is 0.858. The van der Waals surface area contributed by atoms with Gasteiger partial charge in [0.2, 0.25) is 0 Å². The number of hydrogen-bond acceptors (Lipinski definition) is 6. The third-order valence-electron chi connectivity index (χ3n) is 9.91. The number of benzene rings is 2. The smallest absolute Gasteiger partial charge is 0.416 e. The van der Waals surface area contributed by atoms with Crippen molar-refractivity contribution in [2.24, 2.45) is 5.92 Å². The van der Waals surface area contributed by atoms with E-state index >= 15 is 0 Å². The highest BCUT2D eigenvalue weighted by Gasteiger charge is 2.39. The minimum atomic E-state index is -4.36. The first-order valence-corrected chi connectivity index (χ1v) is 17.5. The van der Waals surface area contributed by atoms with Crippen LogP contribution in [0.3, 0.4) is 0 Å². The van der Waals surface area contributed by atoms with Gasteiger partial charge in [-0.1, -0.05) is 37.3 Å². The second kappa shape index (κ2) is 14.7. The standard InChI is InChI=1S/C37H47F4N3O2S/c1-6-32-35(47-33(42-32)18-24-9-7-11-28(17-24)37(39,40)41)25-13-15-44(16-14-25)22-27-20-30(46-34(45)23-43(5)36(2,3)4)21-31(27)26-10-8-12-29(38)19-26/h7-12,17,19,25,27,30-31H,6,13-16,18,20-23H2,1-5H3/t27-,30+,31-/m1/s1. The molecular formula is C37H47F4N3O2S. The van der Waals surface area contributed by atoms with Crippen molar-refractivity contribution in [2.45, 2.75) is 95.9 Å². The Morgan fingerprint density at radius 2 is 1.79 bits per heavy atom. The molecule has 10 heteroatoms. The minimum Gasteiger partial charge on any atom is -0.461 e. The maximum absolute atomic E-state index is 14.3. The molecule has 256 valence electrons. The lowest BCUT2D eigenvalue weighted by atomic mass is 9.87. The zero-order valence-corrected chi connectivity index (χ0v) is 28.9. The molecule has 0 N–H and O–H groups in total. The fourth-order valence-corrected chi connectivity index (χ4v) is 8.33. The first-order chi connectivity index (χ1) is 22.2. The molecule has 0 radical (unpaired) electrons. The van der Waals surface area contributed by atoms with Crippen LogP contribution in [0.5, 0.6) is 0 Å². The Balaban J connectivity index is 1.22. The van der Waals surface area contributed by atoms with Gasteiger partial charge in [-0.25, -0.2) is 9.37 Å². The number of carbonyl (C=O) groups is 1. The number of rotatable bonds is 10. The molecule has 5 rings (SSSR count). The summed E-state index contributed by atoms with van der Waals surface area (Å²) in [7, 11) is 1.92. The van der Waals surface area contributed by atoms with Crippen molar-refractivity contribution in [3.05, 3.63) is 86.6 Å².